The van der Waals surface area contributed by atoms with Crippen LogP contribution in [0, 0.1) is 6.07 Å². The summed E-state index contributed by atoms with van der Waals surface area (Å²) in [6.45, 7) is 4.28. The Hall–Kier alpha value is -1.31. The maximum Gasteiger partial charge on any atom is 0.140 e. The molecule has 0 bridgehead atoms. The fourth-order valence-electron chi connectivity index (χ4n) is 1.31. The Morgan fingerprint density at radius 1 is 1.50 bits per heavy atom. The van der Waals surface area contributed by atoms with Gasteiger partial charge in [0.25, 0.3) is 0 Å². The largest absolute Gasteiger partial charge is 0.329 e. The van der Waals surface area contributed by atoms with Gasteiger partial charge in [0.2, 0.25) is 0 Å². The molecule has 12 heavy (non-hydrogen) atoms. The third-order valence-corrected chi connectivity index (χ3v) is 1.95. The summed E-state index contributed by atoms with van der Waals surface area (Å²) in [5.74, 6) is 0. The van der Waals surface area contributed by atoms with Crippen molar-refractivity contribution in [2.45, 2.75) is 19.9 Å². The number of nitrogens with zero attached hydrogens (tertiary/aromatic N) is 2. The molecule has 0 aliphatic heterocycles. The molecule has 2 heterocycles. The molecule has 61 valence electrons. The third kappa shape index (κ3) is 0.998. The normalized spacial score (nSPS) is 11.2. The summed E-state index contributed by atoms with van der Waals surface area (Å²) in [6, 6.07) is 7.59. The van der Waals surface area contributed by atoms with E-state index in [1.54, 1.807) is 0 Å². The van der Waals surface area contributed by atoms with E-state index in [0.29, 0.717) is 6.04 Å². The number of hydrogen-bond acceptors (Lipinski definition) is 1. The van der Waals surface area contributed by atoms with E-state index in [9.17, 15) is 0 Å². The molecular weight excluding hydrogens is 148 g/mol. The molecular formula is C10H11N2. The van der Waals surface area contributed by atoms with Gasteiger partial charge >= 0.3 is 0 Å². The SMILES string of the molecule is CC(C)n1c[c]c2cccnc21. The van der Waals surface area contributed by atoms with Gasteiger partial charge in [-0.1, -0.05) is 0 Å². The second-order valence-electron chi connectivity index (χ2n) is 3.15. The van der Waals surface area contributed by atoms with E-state index < -0.39 is 0 Å². The van der Waals surface area contributed by atoms with Gasteiger partial charge in [0, 0.05) is 29.9 Å². The van der Waals surface area contributed by atoms with Crippen molar-refractivity contribution in [1.82, 2.24) is 9.55 Å². The number of rotatable bonds is 1. The zero-order valence-corrected chi connectivity index (χ0v) is 7.28. The highest BCUT2D eigenvalue weighted by Gasteiger charge is 2.03. The van der Waals surface area contributed by atoms with Crippen LogP contribution >= 0.6 is 0 Å². The highest BCUT2D eigenvalue weighted by Crippen LogP contribution is 2.15. The second-order valence-corrected chi connectivity index (χ2v) is 3.15. The van der Waals surface area contributed by atoms with E-state index >= 15 is 0 Å². The summed E-state index contributed by atoms with van der Waals surface area (Å²) in [5.41, 5.74) is 1.02. The van der Waals surface area contributed by atoms with Gasteiger partial charge in [-0.2, -0.15) is 0 Å². The quantitative estimate of drug-likeness (QED) is 0.624. The van der Waals surface area contributed by atoms with Gasteiger partial charge in [0.05, 0.1) is 0 Å². The molecule has 0 saturated heterocycles. The minimum Gasteiger partial charge on any atom is -0.329 e. The number of pyridine rings is 1. The molecule has 0 fully saturated rings. The van der Waals surface area contributed by atoms with Gasteiger partial charge in [-0.05, 0) is 26.0 Å². The summed E-state index contributed by atoms with van der Waals surface area (Å²) in [6.07, 6.45) is 3.78. The van der Waals surface area contributed by atoms with Crippen LogP contribution in [-0.4, -0.2) is 9.55 Å². The summed E-state index contributed by atoms with van der Waals surface area (Å²) < 4.78 is 2.12. The molecule has 0 saturated carbocycles. The first-order valence-corrected chi connectivity index (χ1v) is 4.12. The van der Waals surface area contributed by atoms with Crippen molar-refractivity contribution in [3.05, 3.63) is 30.6 Å². The second kappa shape index (κ2) is 2.63. The summed E-state index contributed by atoms with van der Waals surface area (Å²) >= 11 is 0. The molecule has 0 aliphatic rings. The van der Waals surface area contributed by atoms with Gasteiger partial charge in [-0.25, -0.2) is 4.98 Å². The summed E-state index contributed by atoms with van der Waals surface area (Å²) in [7, 11) is 0. The first-order valence-electron chi connectivity index (χ1n) is 4.12. The van der Waals surface area contributed by atoms with Crippen LogP contribution in [0.5, 0.6) is 0 Å². The molecule has 0 N–H and O–H groups in total. The Morgan fingerprint density at radius 2 is 2.33 bits per heavy atom. The van der Waals surface area contributed by atoms with E-state index in [1.807, 2.05) is 24.5 Å². The van der Waals surface area contributed by atoms with Crippen molar-refractivity contribution >= 4 is 11.0 Å². The maximum atomic E-state index is 4.29. The topological polar surface area (TPSA) is 17.8 Å². The van der Waals surface area contributed by atoms with Crippen LogP contribution in [0.1, 0.15) is 19.9 Å². The van der Waals surface area contributed by atoms with Crippen LogP contribution in [0.15, 0.2) is 24.5 Å². The highest BCUT2D eigenvalue weighted by atomic mass is 15.0. The third-order valence-electron chi connectivity index (χ3n) is 1.95. The lowest BCUT2D eigenvalue weighted by molar-refractivity contribution is 0.618. The van der Waals surface area contributed by atoms with Gasteiger partial charge < -0.3 is 4.57 Å². The number of fused-ring (bicyclic) bond motifs is 1. The standard InChI is InChI=1S/C10H11N2/c1-8(2)12-7-5-9-4-3-6-11-10(9)12/h3-4,6-8H,1-2H3. The summed E-state index contributed by atoms with van der Waals surface area (Å²) in [4.78, 5) is 4.29. The molecule has 2 rings (SSSR count). The lowest BCUT2D eigenvalue weighted by atomic mass is 10.3. The van der Waals surface area contributed by atoms with Crippen LogP contribution in [0.4, 0.5) is 0 Å². The molecule has 0 amide bonds. The molecule has 0 atom stereocenters. The average molecular weight is 159 g/mol. The van der Waals surface area contributed by atoms with E-state index in [4.69, 9.17) is 0 Å². The van der Waals surface area contributed by atoms with E-state index in [1.165, 1.54) is 0 Å². The lowest BCUT2D eigenvalue weighted by Crippen LogP contribution is -1.98. The lowest BCUT2D eigenvalue weighted by Gasteiger charge is -2.07. The molecule has 0 spiro atoms. The monoisotopic (exact) mass is 159 g/mol. The fraction of sp³-hybridized carbons (Fsp3) is 0.300. The van der Waals surface area contributed by atoms with Crippen molar-refractivity contribution in [3.8, 4) is 0 Å². The first-order chi connectivity index (χ1) is 5.79. The first kappa shape index (κ1) is 7.35. The molecule has 0 aliphatic carbocycles. The fourth-order valence-corrected chi connectivity index (χ4v) is 1.31. The minimum absolute atomic E-state index is 0.452. The predicted molar refractivity (Wildman–Crippen MR) is 49.0 cm³/mol. The van der Waals surface area contributed by atoms with Crippen LogP contribution in [0.25, 0.3) is 11.0 Å². The van der Waals surface area contributed by atoms with Crippen molar-refractivity contribution in [2.24, 2.45) is 0 Å². The number of hydrogen-bond donors (Lipinski definition) is 0. The average Bonchev–Trinajstić information content (AvgIpc) is 2.47. The molecule has 2 aromatic rings. The molecule has 2 nitrogen and oxygen atoms in total. The van der Waals surface area contributed by atoms with Gasteiger partial charge in [-0.3, -0.25) is 0 Å². The van der Waals surface area contributed by atoms with Gasteiger partial charge in [-0.15, -0.1) is 0 Å². The Kier molecular flexibility index (Phi) is 1.61. The molecule has 0 aromatic carbocycles. The molecule has 1 radical (unpaired) electrons. The van der Waals surface area contributed by atoms with Crippen LogP contribution in [0.3, 0.4) is 0 Å². The van der Waals surface area contributed by atoms with Gasteiger partial charge in [0.15, 0.2) is 0 Å². The molecule has 0 unspecified atom stereocenters. The predicted octanol–water partition coefficient (Wildman–Crippen LogP) is 2.42. The Labute approximate surface area is 71.8 Å². The Balaban J connectivity index is 2.70. The van der Waals surface area contributed by atoms with Crippen LogP contribution in [-0.2, 0) is 0 Å². The van der Waals surface area contributed by atoms with Crippen molar-refractivity contribution in [2.75, 3.05) is 0 Å². The number of aromatic nitrogens is 2. The van der Waals surface area contributed by atoms with E-state index in [-0.39, 0.29) is 0 Å². The van der Waals surface area contributed by atoms with Crippen LogP contribution < -0.4 is 0 Å². The van der Waals surface area contributed by atoms with E-state index in [2.05, 4.69) is 29.5 Å². The summed E-state index contributed by atoms with van der Waals surface area (Å²) in [5, 5.41) is 1.09. The highest BCUT2D eigenvalue weighted by molar-refractivity contribution is 5.75. The van der Waals surface area contributed by atoms with Gasteiger partial charge in [0.1, 0.15) is 5.65 Å². The zero-order chi connectivity index (χ0) is 8.55. The van der Waals surface area contributed by atoms with Crippen molar-refractivity contribution in [3.63, 3.8) is 0 Å². The van der Waals surface area contributed by atoms with Crippen molar-refractivity contribution < 1.29 is 0 Å². The molecule has 2 heteroatoms. The van der Waals surface area contributed by atoms with Crippen molar-refractivity contribution in [1.29, 1.82) is 0 Å². The van der Waals surface area contributed by atoms with Crippen LogP contribution in [0.2, 0.25) is 0 Å². The van der Waals surface area contributed by atoms with E-state index in [0.717, 1.165) is 11.0 Å². The zero-order valence-electron chi connectivity index (χ0n) is 7.28. The minimum atomic E-state index is 0.452. The maximum absolute atomic E-state index is 4.29. The Morgan fingerprint density at radius 3 is 3.08 bits per heavy atom. The molecule has 2 aromatic heterocycles. The Bertz CT molecular complexity index is 387. The smallest absolute Gasteiger partial charge is 0.140 e.